The van der Waals surface area contributed by atoms with Gasteiger partial charge in [-0.05, 0) is 12.1 Å². The highest BCUT2D eigenvalue weighted by Gasteiger charge is 2.16. The normalized spacial score (nSPS) is 10.5. The summed E-state index contributed by atoms with van der Waals surface area (Å²) < 4.78 is 18.9. The van der Waals surface area contributed by atoms with Gasteiger partial charge in [0.1, 0.15) is 16.6 Å². The first-order valence-electron chi connectivity index (χ1n) is 4.97. The van der Waals surface area contributed by atoms with Crippen molar-refractivity contribution in [3.05, 3.63) is 29.0 Å². The molecular formula is C11H10ClFN2OS. The number of aromatic nitrogens is 2. The van der Waals surface area contributed by atoms with Crippen molar-refractivity contribution >= 4 is 22.9 Å². The van der Waals surface area contributed by atoms with Gasteiger partial charge in [-0.15, -0.1) is 21.8 Å². The summed E-state index contributed by atoms with van der Waals surface area (Å²) in [5, 5.41) is 9.23. The number of alkyl halides is 1. The minimum atomic E-state index is -0.363. The van der Waals surface area contributed by atoms with Crippen LogP contribution >= 0.6 is 22.9 Å². The summed E-state index contributed by atoms with van der Waals surface area (Å²) >= 11 is 6.95. The standard InChI is InChI=1S/C11H10ClFN2OS/c1-16-8-4-2-3-7(13)10(8)11-15-14-9(17-11)5-6-12/h2-4H,5-6H2,1H3. The number of hydrogen-bond donors (Lipinski definition) is 0. The lowest BCUT2D eigenvalue weighted by molar-refractivity contribution is 0.413. The largest absolute Gasteiger partial charge is 0.496 e. The van der Waals surface area contributed by atoms with E-state index < -0.39 is 0 Å². The highest BCUT2D eigenvalue weighted by atomic mass is 35.5. The fraction of sp³-hybridized carbons (Fsp3) is 0.273. The van der Waals surface area contributed by atoms with Gasteiger partial charge in [-0.1, -0.05) is 17.4 Å². The number of nitrogens with zero attached hydrogens (tertiary/aromatic N) is 2. The molecule has 17 heavy (non-hydrogen) atoms. The maximum absolute atomic E-state index is 13.8. The number of benzene rings is 1. The van der Waals surface area contributed by atoms with Crippen molar-refractivity contribution in [1.29, 1.82) is 0 Å². The first kappa shape index (κ1) is 12.3. The summed E-state index contributed by atoms with van der Waals surface area (Å²) in [5.41, 5.74) is 0.355. The second-order valence-electron chi connectivity index (χ2n) is 3.26. The number of halogens is 2. The van der Waals surface area contributed by atoms with E-state index in [9.17, 15) is 4.39 Å². The Kier molecular flexibility index (Phi) is 3.91. The SMILES string of the molecule is COc1cccc(F)c1-c1nnc(CCCl)s1. The van der Waals surface area contributed by atoms with E-state index >= 15 is 0 Å². The van der Waals surface area contributed by atoms with Gasteiger partial charge >= 0.3 is 0 Å². The Bertz CT molecular complexity index is 518. The predicted octanol–water partition coefficient (Wildman–Crippen LogP) is 3.13. The van der Waals surface area contributed by atoms with E-state index in [1.165, 1.54) is 24.5 Å². The zero-order valence-corrected chi connectivity index (χ0v) is 10.7. The predicted molar refractivity (Wildman–Crippen MR) is 66.3 cm³/mol. The summed E-state index contributed by atoms with van der Waals surface area (Å²) in [6.45, 7) is 0. The Morgan fingerprint density at radius 3 is 2.94 bits per heavy atom. The highest BCUT2D eigenvalue weighted by Crippen LogP contribution is 2.34. The molecule has 0 amide bonds. The quantitative estimate of drug-likeness (QED) is 0.802. The lowest BCUT2D eigenvalue weighted by Crippen LogP contribution is -1.91. The average Bonchev–Trinajstić information content (AvgIpc) is 2.77. The number of hydrogen-bond acceptors (Lipinski definition) is 4. The molecule has 0 bridgehead atoms. The van der Waals surface area contributed by atoms with Gasteiger partial charge in [-0.3, -0.25) is 0 Å². The summed E-state index contributed by atoms with van der Waals surface area (Å²) in [6.07, 6.45) is 0.635. The molecule has 6 heteroatoms. The summed E-state index contributed by atoms with van der Waals surface area (Å²) in [6, 6.07) is 4.67. The molecule has 0 fully saturated rings. The molecule has 1 heterocycles. The first-order valence-corrected chi connectivity index (χ1v) is 6.32. The maximum atomic E-state index is 13.8. The summed E-state index contributed by atoms with van der Waals surface area (Å²) in [7, 11) is 1.50. The minimum Gasteiger partial charge on any atom is -0.496 e. The van der Waals surface area contributed by atoms with Gasteiger partial charge in [0, 0.05) is 12.3 Å². The monoisotopic (exact) mass is 272 g/mol. The van der Waals surface area contributed by atoms with Crippen molar-refractivity contribution in [2.24, 2.45) is 0 Å². The molecule has 0 N–H and O–H groups in total. The Labute approximate surface area is 107 Å². The highest BCUT2D eigenvalue weighted by molar-refractivity contribution is 7.14. The van der Waals surface area contributed by atoms with E-state index in [0.717, 1.165) is 5.01 Å². The van der Waals surface area contributed by atoms with Gasteiger partial charge in [-0.2, -0.15) is 0 Å². The van der Waals surface area contributed by atoms with Crippen LogP contribution in [0.5, 0.6) is 5.75 Å². The van der Waals surface area contributed by atoms with Gasteiger partial charge in [-0.25, -0.2) is 4.39 Å². The number of methoxy groups -OCH3 is 1. The molecule has 0 aliphatic heterocycles. The Morgan fingerprint density at radius 1 is 1.41 bits per heavy atom. The van der Waals surface area contributed by atoms with Gasteiger partial charge in [0.15, 0.2) is 5.01 Å². The summed E-state index contributed by atoms with van der Waals surface area (Å²) in [4.78, 5) is 0. The van der Waals surface area contributed by atoms with Crippen LogP contribution in [0, 0.1) is 5.82 Å². The van der Waals surface area contributed by atoms with Crippen LogP contribution in [0.1, 0.15) is 5.01 Å². The third-order valence-electron chi connectivity index (χ3n) is 2.18. The topological polar surface area (TPSA) is 35.0 Å². The molecule has 0 unspecified atom stereocenters. The van der Waals surface area contributed by atoms with Crippen LogP contribution in [0.3, 0.4) is 0 Å². The number of aryl methyl sites for hydroxylation is 1. The van der Waals surface area contributed by atoms with Crippen LogP contribution in [0.25, 0.3) is 10.6 Å². The third-order valence-corrected chi connectivity index (χ3v) is 3.37. The molecular weight excluding hydrogens is 263 g/mol. The van der Waals surface area contributed by atoms with E-state index in [0.29, 0.717) is 28.6 Å². The van der Waals surface area contributed by atoms with Crippen LogP contribution in [0.2, 0.25) is 0 Å². The molecule has 0 aliphatic rings. The Hall–Kier alpha value is -1.20. The van der Waals surface area contributed by atoms with Crippen molar-refractivity contribution < 1.29 is 9.13 Å². The molecule has 0 spiro atoms. The smallest absolute Gasteiger partial charge is 0.154 e. The molecule has 1 aromatic carbocycles. The third kappa shape index (κ3) is 2.56. The zero-order chi connectivity index (χ0) is 12.3. The zero-order valence-electron chi connectivity index (χ0n) is 9.11. The second-order valence-corrected chi connectivity index (χ2v) is 4.70. The molecule has 3 nitrogen and oxygen atoms in total. The number of rotatable bonds is 4. The van der Waals surface area contributed by atoms with Gasteiger partial charge in [0.05, 0.1) is 12.7 Å². The van der Waals surface area contributed by atoms with Crippen molar-refractivity contribution in [1.82, 2.24) is 10.2 Å². The summed E-state index contributed by atoms with van der Waals surface area (Å²) in [5.74, 6) is 0.569. The molecule has 2 aromatic rings. The maximum Gasteiger partial charge on any atom is 0.154 e. The Balaban J connectivity index is 2.44. The molecule has 0 aliphatic carbocycles. The van der Waals surface area contributed by atoms with E-state index in [4.69, 9.17) is 16.3 Å². The van der Waals surface area contributed by atoms with Crippen LogP contribution in [-0.4, -0.2) is 23.2 Å². The van der Waals surface area contributed by atoms with Crippen LogP contribution < -0.4 is 4.74 Å². The van der Waals surface area contributed by atoms with Gasteiger partial charge < -0.3 is 4.74 Å². The van der Waals surface area contributed by atoms with Crippen molar-refractivity contribution in [3.63, 3.8) is 0 Å². The van der Waals surface area contributed by atoms with Crippen LogP contribution in [0.15, 0.2) is 18.2 Å². The minimum absolute atomic E-state index is 0.355. The van der Waals surface area contributed by atoms with Crippen molar-refractivity contribution in [2.75, 3.05) is 13.0 Å². The average molecular weight is 273 g/mol. The fourth-order valence-electron chi connectivity index (χ4n) is 1.42. The van der Waals surface area contributed by atoms with Gasteiger partial charge in [0.25, 0.3) is 0 Å². The Morgan fingerprint density at radius 2 is 2.24 bits per heavy atom. The second kappa shape index (κ2) is 5.42. The lowest BCUT2D eigenvalue weighted by atomic mass is 10.2. The fourth-order valence-corrected chi connectivity index (χ4v) is 2.60. The van der Waals surface area contributed by atoms with Crippen LogP contribution in [-0.2, 0) is 6.42 Å². The van der Waals surface area contributed by atoms with E-state index in [1.807, 2.05) is 0 Å². The van der Waals surface area contributed by atoms with Crippen molar-refractivity contribution in [2.45, 2.75) is 6.42 Å². The molecule has 0 saturated heterocycles. The van der Waals surface area contributed by atoms with E-state index in [-0.39, 0.29) is 5.82 Å². The van der Waals surface area contributed by atoms with E-state index in [2.05, 4.69) is 10.2 Å². The first-order chi connectivity index (χ1) is 8.26. The molecule has 90 valence electrons. The molecule has 1 aromatic heterocycles. The lowest BCUT2D eigenvalue weighted by Gasteiger charge is -2.05. The molecule has 0 saturated carbocycles. The molecule has 0 radical (unpaired) electrons. The number of ether oxygens (including phenoxy) is 1. The van der Waals surface area contributed by atoms with Gasteiger partial charge in [0.2, 0.25) is 0 Å². The molecule has 2 rings (SSSR count). The van der Waals surface area contributed by atoms with E-state index in [1.54, 1.807) is 12.1 Å². The van der Waals surface area contributed by atoms with Crippen molar-refractivity contribution in [3.8, 4) is 16.3 Å². The van der Waals surface area contributed by atoms with Crippen LogP contribution in [0.4, 0.5) is 4.39 Å². The molecule has 0 atom stereocenters.